The molecule has 0 aromatic heterocycles. The highest BCUT2D eigenvalue weighted by atomic mass is 35.5. The van der Waals surface area contributed by atoms with Gasteiger partial charge in [0.1, 0.15) is 0 Å². The van der Waals surface area contributed by atoms with E-state index < -0.39 is 27.2 Å². The van der Waals surface area contributed by atoms with Crippen molar-refractivity contribution in [2.75, 3.05) is 7.05 Å². The van der Waals surface area contributed by atoms with Crippen molar-refractivity contribution in [2.45, 2.75) is 31.1 Å². The molecular weight excluding hydrogens is 314 g/mol. The van der Waals surface area contributed by atoms with Crippen LogP contribution in [0.3, 0.4) is 0 Å². The molecule has 2 atom stereocenters. The predicted molar refractivity (Wildman–Crippen MR) is 80.6 cm³/mol. The molecule has 0 amide bonds. The minimum Gasteiger partial charge on any atom is -0.481 e. The van der Waals surface area contributed by atoms with Crippen molar-refractivity contribution < 1.29 is 18.3 Å². The highest BCUT2D eigenvalue weighted by Gasteiger charge is 2.43. The van der Waals surface area contributed by atoms with Gasteiger partial charge in [0.25, 0.3) is 0 Å². The van der Waals surface area contributed by atoms with Gasteiger partial charge in [0.05, 0.1) is 11.2 Å². The topological polar surface area (TPSA) is 74.7 Å². The number of nitrogens with zero attached hydrogens (tertiary/aromatic N) is 1. The molecule has 2 rings (SSSR count). The number of carboxylic acid groups (broad SMARTS) is 1. The summed E-state index contributed by atoms with van der Waals surface area (Å²) in [6, 6.07) is 6.93. The molecule has 7 heteroatoms. The number of carbonyl (C=O) groups is 1. The molecule has 2 unspecified atom stereocenters. The van der Waals surface area contributed by atoms with Crippen molar-refractivity contribution in [1.29, 1.82) is 0 Å². The lowest BCUT2D eigenvalue weighted by atomic mass is 10.1. The maximum absolute atomic E-state index is 12.6. The van der Waals surface area contributed by atoms with E-state index >= 15 is 0 Å². The molecule has 0 saturated heterocycles. The van der Waals surface area contributed by atoms with Gasteiger partial charge in [0.15, 0.2) is 0 Å². The number of carboxylic acids is 1. The molecule has 1 aromatic carbocycles. The lowest BCUT2D eigenvalue weighted by Gasteiger charge is -2.24. The second kappa shape index (κ2) is 6.34. The minimum absolute atomic E-state index is 0.211. The van der Waals surface area contributed by atoms with Crippen molar-refractivity contribution in [2.24, 2.45) is 5.92 Å². The molecule has 5 nitrogen and oxygen atoms in total. The molecule has 0 bridgehead atoms. The molecule has 1 saturated carbocycles. The van der Waals surface area contributed by atoms with Crippen molar-refractivity contribution in [3.63, 3.8) is 0 Å². The maximum atomic E-state index is 12.6. The van der Waals surface area contributed by atoms with Crippen LogP contribution >= 0.6 is 11.6 Å². The van der Waals surface area contributed by atoms with E-state index in [-0.39, 0.29) is 6.54 Å². The van der Waals surface area contributed by atoms with Gasteiger partial charge in [-0.2, -0.15) is 0 Å². The Hall–Kier alpha value is -1.11. The molecule has 1 aromatic rings. The first-order valence-corrected chi connectivity index (χ1v) is 8.63. The molecule has 0 heterocycles. The number of aliphatic carboxylic acids is 1. The van der Waals surface area contributed by atoms with Crippen LogP contribution in [0.4, 0.5) is 0 Å². The summed E-state index contributed by atoms with van der Waals surface area (Å²) in [6.07, 6.45) is 1.47. The Morgan fingerprint density at radius 2 is 1.95 bits per heavy atom. The summed E-state index contributed by atoms with van der Waals surface area (Å²) in [5, 5.41) is 8.91. The fraction of sp³-hybridized carbons (Fsp3) is 0.500. The molecule has 1 N–H and O–H groups in total. The second-order valence-electron chi connectivity index (χ2n) is 5.34. The van der Waals surface area contributed by atoms with Crippen LogP contribution in [0.5, 0.6) is 0 Å². The number of rotatable bonds is 5. The van der Waals surface area contributed by atoms with Gasteiger partial charge in [0.2, 0.25) is 10.0 Å². The van der Waals surface area contributed by atoms with E-state index in [1.54, 1.807) is 24.3 Å². The van der Waals surface area contributed by atoms with E-state index in [2.05, 4.69) is 0 Å². The summed E-state index contributed by atoms with van der Waals surface area (Å²) >= 11 is 5.80. The monoisotopic (exact) mass is 331 g/mol. The van der Waals surface area contributed by atoms with Crippen LogP contribution in [0.15, 0.2) is 24.3 Å². The standard InChI is InChI=1S/C14H18ClNO4S/c1-16(9-10-5-7-11(15)8-6-10)21(19,20)13-4-2-3-12(13)14(17)18/h5-8,12-13H,2-4,9H2,1H3,(H,17,18). The van der Waals surface area contributed by atoms with Gasteiger partial charge in [-0.25, -0.2) is 12.7 Å². The first kappa shape index (κ1) is 16.3. The quantitative estimate of drug-likeness (QED) is 0.898. The Bertz CT molecular complexity index is 614. The number of hydrogen-bond donors (Lipinski definition) is 1. The van der Waals surface area contributed by atoms with Gasteiger partial charge in [-0.1, -0.05) is 30.2 Å². The zero-order valence-corrected chi connectivity index (χ0v) is 13.3. The normalized spacial score (nSPS) is 22.6. The fourth-order valence-corrected chi connectivity index (χ4v) is 4.78. The van der Waals surface area contributed by atoms with Crippen molar-refractivity contribution in [1.82, 2.24) is 4.31 Å². The van der Waals surface area contributed by atoms with Crippen LogP contribution in [0.2, 0.25) is 5.02 Å². The van der Waals surface area contributed by atoms with Gasteiger partial charge < -0.3 is 5.11 Å². The van der Waals surface area contributed by atoms with Crippen LogP contribution in [0.25, 0.3) is 0 Å². The van der Waals surface area contributed by atoms with E-state index in [9.17, 15) is 13.2 Å². The maximum Gasteiger partial charge on any atom is 0.307 e. The lowest BCUT2D eigenvalue weighted by Crippen LogP contribution is -2.39. The van der Waals surface area contributed by atoms with E-state index in [1.807, 2.05) is 0 Å². The molecule has 1 aliphatic carbocycles. The van der Waals surface area contributed by atoms with Gasteiger partial charge in [-0.05, 0) is 30.5 Å². The van der Waals surface area contributed by atoms with Crippen molar-refractivity contribution in [3.8, 4) is 0 Å². The first-order valence-electron chi connectivity index (χ1n) is 6.75. The zero-order chi connectivity index (χ0) is 15.6. The molecule has 0 spiro atoms. The molecular formula is C14H18ClNO4S. The Labute approximate surface area is 129 Å². The molecule has 1 fully saturated rings. The van der Waals surface area contributed by atoms with Crippen LogP contribution in [-0.2, 0) is 21.4 Å². The summed E-state index contributed by atoms with van der Waals surface area (Å²) in [6.45, 7) is 0.211. The summed E-state index contributed by atoms with van der Waals surface area (Å²) < 4.78 is 26.3. The predicted octanol–water partition coefficient (Wildman–Crippen LogP) is 2.35. The Morgan fingerprint density at radius 3 is 2.52 bits per heavy atom. The summed E-state index contributed by atoms with van der Waals surface area (Å²) in [5.74, 6) is -1.83. The molecule has 1 aliphatic rings. The molecule has 21 heavy (non-hydrogen) atoms. The van der Waals surface area contributed by atoms with Gasteiger partial charge >= 0.3 is 5.97 Å². The minimum atomic E-state index is -3.62. The van der Waals surface area contributed by atoms with E-state index in [0.717, 1.165) is 5.56 Å². The fourth-order valence-electron chi connectivity index (χ4n) is 2.73. The smallest absolute Gasteiger partial charge is 0.307 e. The highest BCUT2D eigenvalue weighted by molar-refractivity contribution is 7.89. The van der Waals surface area contributed by atoms with Gasteiger partial charge in [-0.15, -0.1) is 0 Å². The van der Waals surface area contributed by atoms with E-state index in [4.69, 9.17) is 16.7 Å². The average molecular weight is 332 g/mol. The molecule has 0 aliphatic heterocycles. The van der Waals surface area contributed by atoms with Crippen molar-refractivity contribution >= 4 is 27.6 Å². The molecule has 0 radical (unpaired) electrons. The lowest BCUT2D eigenvalue weighted by molar-refractivity contribution is -0.141. The SMILES string of the molecule is CN(Cc1ccc(Cl)cc1)S(=O)(=O)C1CCCC1C(=O)O. The number of hydrogen-bond acceptors (Lipinski definition) is 3. The number of halogens is 1. The van der Waals surface area contributed by atoms with E-state index in [0.29, 0.717) is 24.3 Å². The Kier molecular flexibility index (Phi) is 4.91. The van der Waals surface area contributed by atoms with Gasteiger partial charge in [-0.3, -0.25) is 4.79 Å². The van der Waals surface area contributed by atoms with Crippen LogP contribution in [0, 0.1) is 5.92 Å². The average Bonchev–Trinajstić information content (AvgIpc) is 2.91. The third-order valence-electron chi connectivity index (χ3n) is 3.91. The largest absolute Gasteiger partial charge is 0.481 e. The Balaban J connectivity index is 2.15. The van der Waals surface area contributed by atoms with Crippen LogP contribution in [0.1, 0.15) is 24.8 Å². The van der Waals surface area contributed by atoms with E-state index in [1.165, 1.54) is 11.4 Å². The summed E-state index contributed by atoms with van der Waals surface area (Å²) in [5.41, 5.74) is 0.815. The number of sulfonamides is 1. The molecule has 116 valence electrons. The van der Waals surface area contributed by atoms with Crippen LogP contribution < -0.4 is 0 Å². The van der Waals surface area contributed by atoms with Crippen molar-refractivity contribution in [3.05, 3.63) is 34.9 Å². The zero-order valence-electron chi connectivity index (χ0n) is 11.7. The highest BCUT2D eigenvalue weighted by Crippen LogP contribution is 2.33. The first-order chi connectivity index (χ1) is 9.82. The summed E-state index contributed by atoms with van der Waals surface area (Å²) in [7, 11) is -2.13. The third kappa shape index (κ3) is 3.56. The Morgan fingerprint density at radius 1 is 1.33 bits per heavy atom. The third-order valence-corrected chi connectivity index (χ3v) is 6.48. The number of benzene rings is 1. The summed E-state index contributed by atoms with van der Waals surface area (Å²) in [4.78, 5) is 11.2. The van der Waals surface area contributed by atoms with Crippen LogP contribution in [-0.4, -0.2) is 36.1 Å². The van der Waals surface area contributed by atoms with Gasteiger partial charge in [0, 0.05) is 18.6 Å². The second-order valence-corrected chi connectivity index (χ2v) is 8.04.